The Morgan fingerprint density at radius 2 is 0.863 bits per heavy atom. The normalized spacial score (nSPS) is 18.9. The van der Waals surface area contributed by atoms with E-state index in [-0.39, 0.29) is 25.9 Å². The molecule has 1 aliphatic heterocycles. The lowest BCUT2D eigenvalue weighted by molar-refractivity contribution is -0.301. The van der Waals surface area contributed by atoms with Crippen LogP contribution in [0.3, 0.4) is 0 Å². The van der Waals surface area contributed by atoms with Gasteiger partial charge in [-0.3, -0.25) is 14.4 Å². The smallest absolute Gasteiger partial charge is 0.335 e. The van der Waals surface area contributed by atoms with Crippen LogP contribution in [-0.2, 0) is 42.9 Å². The lowest BCUT2D eigenvalue weighted by Gasteiger charge is -2.40. The summed E-state index contributed by atoms with van der Waals surface area (Å²) >= 11 is 0. The number of hydrogen-bond acceptors (Lipinski definition) is 11. The molecule has 0 aromatic rings. The third-order valence-corrected chi connectivity index (χ3v) is 12.5. The lowest BCUT2D eigenvalue weighted by Crippen LogP contribution is -2.61. The van der Waals surface area contributed by atoms with Gasteiger partial charge in [0.25, 0.3) is 0 Å². The number of carbonyl (C=O) groups excluding carboxylic acids is 3. The Balaban J connectivity index is 2.74. The number of aliphatic hydroxyl groups excluding tert-OH is 2. The molecule has 1 fully saturated rings. The van der Waals surface area contributed by atoms with E-state index in [4.69, 9.17) is 23.7 Å². The van der Waals surface area contributed by atoms with Crippen molar-refractivity contribution in [3.05, 3.63) is 85.1 Å². The van der Waals surface area contributed by atoms with E-state index in [1.165, 1.54) is 70.6 Å². The summed E-state index contributed by atoms with van der Waals surface area (Å²) in [6.45, 7) is 5.71. The topological polar surface area (TPSA) is 175 Å². The van der Waals surface area contributed by atoms with Crippen molar-refractivity contribution in [1.82, 2.24) is 0 Å². The SMILES string of the molecule is CC/C=C\C/C=C\C/C=C\C/C=C\CCCCC(=O)OC1C(OCC(COC(=O)CCCCCCCCCCCCCCCCC)OC(=O)CCCCC/C=C\C/C=C\C/C=C\CC)OC(C(=O)O)C(O)C1O. The number of carboxylic acid groups (broad SMARTS) is 1. The van der Waals surface area contributed by atoms with Crippen molar-refractivity contribution in [3.8, 4) is 0 Å². The number of hydrogen-bond donors (Lipinski definition) is 3. The van der Waals surface area contributed by atoms with Crippen molar-refractivity contribution < 1.29 is 58.2 Å². The van der Waals surface area contributed by atoms with Crippen LogP contribution in [0.2, 0.25) is 0 Å². The van der Waals surface area contributed by atoms with Gasteiger partial charge in [-0.2, -0.15) is 0 Å². The molecule has 12 nitrogen and oxygen atoms in total. The van der Waals surface area contributed by atoms with Crippen LogP contribution in [0.1, 0.15) is 226 Å². The van der Waals surface area contributed by atoms with E-state index in [1.54, 1.807) is 0 Å². The van der Waals surface area contributed by atoms with E-state index in [1.807, 2.05) is 0 Å². The first kappa shape index (κ1) is 66.9. The van der Waals surface area contributed by atoms with E-state index in [0.717, 1.165) is 89.9 Å². The van der Waals surface area contributed by atoms with Gasteiger partial charge in [0.2, 0.25) is 0 Å². The Labute approximate surface area is 441 Å². The van der Waals surface area contributed by atoms with Crippen molar-refractivity contribution in [2.45, 2.75) is 263 Å². The number of aliphatic carboxylic acids is 1. The highest BCUT2D eigenvalue weighted by Gasteiger charge is 2.50. The molecule has 12 heteroatoms. The molecular weight excluding hydrogens is 925 g/mol. The van der Waals surface area contributed by atoms with Crippen LogP contribution >= 0.6 is 0 Å². The highest BCUT2D eigenvalue weighted by atomic mass is 16.7. The van der Waals surface area contributed by atoms with Crippen LogP contribution in [0, 0.1) is 0 Å². The first-order valence-corrected chi connectivity index (χ1v) is 28.6. The number of allylic oxidation sites excluding steroid dienone is 14. The zero-order chi connectivity index (χ0) is 53.3. The number of ether oxygens (including phenoxy) is 5. The minimum absolute atomic E-state index is 0.00228. The molecule has 73 heavy (non-hydrogen) atoms. The Bertz CT molecular complexity index is 1590. The highest BCUT2D eigenvalue weighted by molar-refractivity contribution is 5.74. The highest BCUT2D eigenvalue weighted by Crippen LogP contribution is 2.26. The number of aliphatic hydroxyl groups is 2. The van der Waals surface area contributed by atoms with Crippen LogP contribution < -0.4 is 0 Å². The molecule has 0 aromatic heterocycles. The molecule has 1 rings (SSSR count). The minimum Gasteiger partial charge on any atom is -0.479 e. The van der Waals surface area contributed by atoms with Gasteiger partial charge in [-0.1, -0.05) is 202 Å². The quantitative estimate of drug-likeness (QED) is 0.0228. The number of rotatable bonds is 47. The third kappa shape index (κ3) is 39.0. The summed E-state index contributed by atoms with van der Waals surface area (Å²) in [4.78, 5) is 51.0. The molecule has 0 aliphatic carbocycles. The van der Waals surface area contributed by atoms with Gasteiger partial charge in [0.05, 0.1) is 6.61 Å². The summed E-state index contributed by atoms with van der Waals surface area (Å²) < 4.78 is 28.3. The molecule has 1 aliphatic rings. The number of carbonyl (C=O) groups is 4. The zero-order valence-corrected chi connectivity index (χ0v) is 45.6. The van der Waals surface area contributed by atoms with Crippen molar-refractivity contribution in [1.29, 1.82) is 0 Å². The summed E-state index contributed by atoms with van der Waals surface area (Å²) in [6, 6.07) is 0. The van der Waals surface area contributed by atoms with Gasteiger partial charge in [0, 0.05) is 19.3 Å². The van der Waals surface area contributed by atoms with Crippen molar-refractivity contribution in [2.75, 3.05) is 13.2 Å². The predicted octanol–water partition coefficient (Wildman–Crippen LogP) is 14.3. The Hall–Kier alpha value is -4.10. The first-order chi connectivity index (χ1) is 35.6. The second kappa shape index (κ2) is 48.8. The van der Waals surface area contributed by atoms with Crippen LogP contribution in [0.15, 0.2) is 85.1 Å². The van der Waals surface area contributed by atoms with Gasteiger partial charge in [-0.25, -0.2) is 4.79 Å². The van der Waals surface area contributed by atoms with Crippen molar-refractivity contribution in [3.63, 3.8) is 0 Å². The van der Waals surface area contributed by atoms with E-state index in [2.05, 4.69) is 106 Å². The maximum atomic E-state index is 13.1. The second-order valence-corrected chi connectivity index (χ2v) is 19.2. The van der Waals surface area contributed by atoms with E-state index in [0.29, 0.717) is 25.7 Å². The largest absolute Gasteiger partial charge is 0.479 e. The van der Waals surface area contributed by atoms with Crippen LogP contribution in [-0.4, -0.2) is 89.2 Å². The van der Waals surface area contributed by atoms with E-state index < -0.39 is 67.3 Å². The molecule has 416 valence electrons. The fourth-order valence-corrected chi connectivity index (χ4v) is 8.14. The lowest BCUT2D eigenvalue weighted by atomic mass is 9.98. The number of unbranched alkanes of at least 4 members (excludes halogenated alkanes) is 19. The van der Waals surface area contributed by atoms with Crippen molar-refractivity contribution in [2.24, 2.45) is 0 Å². The zero-order valence-electron chi connectivity index (χ0n) is 45.6. The summed E-state index contributed by atoms with van der Waals surface area (Å²) in [5.74, 6) is -3.22. The first-order valence-electron chi connectivity index (χ1n) is 28.6. The van der Waals surface area contributed by atoms with Crippen LogP contribution in [0.5, 0.6) is 0 Å². The second-order valence-electron chi connectivity index (χ2n) is 19.2. The molecule has 0 amide bonds. The van der Waals surface area contributed by atoms with Gasteiger partial charge in [-0.15, -0.1) is 0 Å². The molecule has 1 saturated heterocycles. The van der Waals surface area contributed by atoms with Crippen molar-refractivity contribution >= 4 is 23.9 Å². The maximum Gasteiger partial charge on any atom is 0.335 e. The standard InChI is InChI=1S/C61H100O12/c1-4-7-10-13-16-19-22-25-27-30-32-35-38-41-44-47-53(62)69-50-52(71-54(63)48-45-42-39-36-33-29-24-21-18-15-12-9-6-3)51-70-61-59(57(66)56(65)58(73-61)60(67)68)72-55(64)49-46-43-40-37-34-31-28-26-23-20-17-14-11-8-5-2/h8-9,11-12,17-18,20-21,26,28-29,33-34,37,52,56-59,61,65-66H,4-7,10,13-16,19,22-25,27,30-32,35-36,38-51H2,1-3H3,(H,67,68)/b11-8-,12-9-,20-17-,21-18-,28-26-,33-29-,37-34-. The molecule has 6 atom stereocenters. The molecule has 0 saturated carbocycles. The van der Waals surface area contributed by atoms with Gasteiger partial charge < -0.3 is 39.0 Å². The predicted molar refractivity (Wildman–Crippen MR) is 294 cm³/mol. The molecule has 0 spiro atoms. The fourth-order valence-electron chi connectivity index (χ4n) is 8.14. The van der Waals surface area contributed by atoms with Gasteiger partial charge in [-0.05, 0) is 89.9 Å². The number of carboxylic acids is 1. The average molecular weight is 1030 g/mol. The van der Waals surface area contributed by atoms with E-state index in [9.17, 15) is 34.5 Å². The molecule has 6 unspecified atom stereocenters. The fraction of sp³-hybridized carbons (Fsp3) is 0.705. The molecular formula is C61H100O12. The summed E-state index contributed by atoms with van der Waals surface area (Å²) in [5.41, 5.74) is 0. The average Bonchev–Trinajstić information content (AvgIpc) is 3.37. The molecule has 1 heterocycles. The Kier molecular flexibility index (Phi) is 44.7. The maximum absolute atomic E-state index is 13.1. The van der Waals surface area contributed by atoms with Crippen LogP contribution in [0.25, 0.3) is 0 Å². The Morgan fingerprint density at radius 1 is 0.466 bits per heavy atom. The van der Waals surface area contributed by atoms with Gasteiger partial charge >= 0.3 is 23.9 Å². The number of esters is 3. The summed E-state index contributed by atoms with van der Waals surface area (Å²) in [5, 5.41) is 31.4. The summed E-state index contributed by atoms with van der Waals surface area (Å²) in [6.07, 6.45) is 49.9. The summed E-state index contributed by atoms with van der Waals surface area (Å²) in [7, 11) is 0. The van der Waals surface area contributed by atoms with Gasteiger partial charge in [0.1, 0.15) is 18.8 Å². The van der Waals surface area contributed by atoms with Gasteiger partial charge in [0.15, 0.2) is 24.6 Å². The third-order valence-electron chi connectivity index (χ3n) is 12.5. The molecule has 0 bridgehead atoms. The molecule has 0 aromatic carbocycles. The monoisotopic (exact) mass is 1020 g/mol. The van der Waals surface area contributed by atoms with E-state index >= 15 is 0 Å². The molecule has 3 N–H and O–H groups in total. The van der Waals surface area contributed by atoms with Crippen LogP contribution in [0.4, 0.5) is 0 Å². The minimum atomic E-state index is -1.92. The molecule has 0 radical (unpaired) electrons. The Morgan fingerprint density at radius 3 is 1.34 bits per heavy atom.